The number of halogens is 2. The third-order valence-corrected chi connectivity index (χ3v) is 5.09. The van der Waals surface area contributed by atoms with Crippen LogP contribution in [0.1, 0.15) is 50.1 Å². The van der Waals surface area contributed by atoms with Crippen LogP contribution in [-0.4, -0.2) is 0 Å². The Balaban J connectivity index is 2.17. The van der Waals surface area contributed by atoms with Crippen LogP contribution in [0.15, 0.2) is 22.7 Å². The lowest BCUT2D eigenvalue weighted by Crippen LogP contribution is -2.33. The van der Waals surface area contributed by atoms with Crippen molar-refractivity contribution >= 4 is 27.5 Å². The summed E-state index contributed by atoms with van der Waals surface area (Å²) in [6.45, 7) is 0. The lowest BCUT2D eigenvalue weighted by molar-refractivity contribution is 0.329. The number of benzene rings is 1. The number of hydrogen-bond acceptors (Lipinski definition) is 2. The minimum atomic E-state index is 0.216. The first-order valence-electron chi connectivity index (χ1n) is 6.63. The summed E-state index contributed by atoms with van der Waals surface area (Å²) in [5.74, 6) is 6.39. The SMILES string of the molecule is NNC(c1ccc(Br)c(Cl)c1)C1CCCCCC1. The van der Waals surface area contributed by atoms with Gasteiger partial charge in [0.25, 0.3) is 0 Å². The van der Waals surface area contributed by atoms with Crippen molar-refractivity contribution in [2.24, 2.45) is 11.8 Å². The first-order chi connectivity index (χ1) is 8.72. The Morgan fingerprint density at radius 3 is 2.44 bits per heavy atom. The molecule has 18 heavy (non-hydrogen) atoms. The first-order valence-corrected chi connectivity index (χ1v) is 7.80. The van der Waals surface area contributed by atoms with E-state index in [1.54, 1.807) is 0 Å². The molecule has 1 saturated carbocycles. The molecule has 3 N–H and O–H groups in total. The quantitative estimate of drug-likeness (QED) is 0.483. The molecule has 0 amide bonds. The molecule has 0 bridgehead atoms. The number of rotatable bonds is 3. The molecule has 1 aliphatic rings. The molecule has 0 aliphatic heterocycles. The fourth-order valence-corrected chi connectivity index (χ4v) is 3.29. The molecule has 0 aromatic heterocycles. The highest BCUT2D eigenvalue weighted by atomic mass is 79.9. The van der Waals surface area contributed by atoms with E-state index in [0.717, 1.165) is 9.50 Å². The van der Waals surface area contributed by atoms with Gasteiger partial charge in [0.2, 0.25) is 0 Å². The van der Waals surface area contributed by atoms with Crippen molar-refractivity contribution in [2.75, 3.05) is 0 Å². The van der Waals surface area contributed by atoms with Crippen LogP contribution in [0.2, 0.25) is 5.02 Å². The molecule has 1 aromatic rings. The molecular formula is C14H20BrClN2. The average molecular weight is 332 g/mol. The molecule has 0 saturated heterocycles. The Kier molecular flexibility index (Phi) is 5.49. The minimum absolute atomic E-state index is 0.216. The van der Waals surface area contributed by atoms with E-state index in [0.29, 0.717) is 5.92 Å². The van der Waals surface area contributed by atoms with Crippen LogP contribution in [0.4, 0.5) is 0 Å². The van der Waals surface area contributed by atoms with Crippen molar-refractivity contribution in [1.82, 2.24) is 5.43 Å². The van der Waals surface area contributed by atoms with Crippen LogP contribution >= 0.6 is 27.5 Å². The molecule has 100 valence electrons. The Bertz CT molecular complexity index is 389. The van der Waals surface area contributed by atoms with Gasteiger partial charge in [-0.05, 0) is 52.4 Å². The smallest absolute Gasteiger partial charge is 0.0551 e. The van der Waals surface area contributed by atoms with Crippen LogP contribution in [0.5, 0.6) is 0 Å². The second-order valence-corrected chi connectivity index (χ2v) is 6.33. The lowest BCUT2D eigenvalue weighted by Gasteiger charge is -2.26. The Labute approximate surface area is 122 Å². The number of nitrogens with one attached hydrogen (secondary N) is 1. The highest BCUT2D eigenvalue weighted by Gasteiger charge is 2.23. The van der Waals surface area contributed by atoms with Crippen molar-refractivity contribution in [2.45, 2.75) is 44.6 Å². The standard InChI is InChI=1S/C14H20BrClN2/c15-12-8-7-11(9-13(12)16)14(18-17)10-5-3-1-2-4-6-10/h7-10,14,18H,1-6,17H2. The maximum Gasteiger partial charge on any atom is 0.0551 e. The predicted octanol–water partition coefficient (Wildman–Crippen LogP) is 4.58. The molecule has 1 fully saturated rings. The Morgan fingerprint density at radius 1 is 1.22 bits per heavy atom. The van der Waals surface area contributed by atoms with Crippen molar-refractivity contribution < 1.29 is 0 Å². The van der Waals surface area contributed by atoms with E-state index in [-0.39, 0.29) is 6.04 Å². The van der Waals surface area contributed by atoms with E-state index in [9.17, 15) is 0 Å². The Morgan fingerprint density at radius 2 is 1.89 bits per heavy atom. The van der Waals surface area contributed by atoms with Crippen LogP contribution in [0.3, 0.4) is 0 Å². The molecular weight excluding hydrogens is 312 g/mol. The van der Waals surface area contributed by atoms with Crippen molar-refractivity contribution in [1.29, 1.82) is 0 Å². The zero-order valence-corrected chi connectivity index (χ0v) is 12.8. The van der Waals surface area contributed by atoms with E-state index in [1.807, 2.05) is 12.1 Å². The van der Waals surface area contributed by atoms with Crippen LogP contribution in [-0.2, 0) is 0 Å². The average Bonchev–Trinajstić information content (AvgIpc) is 2.64. The maximum atomic E-state index is 6.17. The van der Waals surface area contributed by atoms with Gasteiger partial charge in [0, 0.05) is 10.5 Å². The van der Waals surface area contributed by atoms with Gasteiger partial charge in [-0.1, -0.05) is 43.4 Å². The van der Waals surface area contributed by atoms with E-state index in [1.165, 1.54) is 44.1 Å². The summed E-state index contributed by atoms with van der Waals surface area (Å²) in [4.78, 5) is 0. The molecule has 1 atom stereocenters. The fraction of sp³-hybridized carbons (Fsp3) is 0.571. The minimum Gasteiger partial charge on any atom is -0.271 e. The summed E-state index contributed by atoms with van der Waals surface area (Å²) >= 11 is 9.60. The Hall–Kier alpha value is -0.0900. The van der Waals surface area contributed by atoms with E-state index in [2.05, 4.69) is 27.4 Å². The molecule has 1 aromatic carbocycles. The van der Waals surface area contributed by atoms with E-state index >= 15 is 0 Å². The van der Waals surface area contributed by atoms with Gasteiger partial charge in [-0.25, -0.2) is 0 Å². The van der Waals surface area contributed by atoms with Gasteiger partial charge in [0.05, 0.1) is 5.02 Å². The van der Waals surface area contributed by atoms with Crippen molar-refractivity contribution in [3.05, 3.63) is 33.3 Å². The van der Waals surface area contributed by atoms with Gasteiger partial charge >= 0.3 is 0 Å². The van der Waals surface area contributed by atoms with Crippen LogP contribution < -0.4 is 11.3 Å². The number of nitrogens with two attached hydrogens (primary N) is 1. The molecule has 0 spiro atoms. The van der Waals surface area contributed by atoms with Gasteiger partial charge in [-0.15, -0.1) is 0 Å². The van der Waals surface area contributed by atoms with E-state index in [4.69, 9.17) is 17.4 Å². The third-order valence-electron chi connectivity index (χ3n) is 3.85. The van der Waals surface area contributed by atoms with E-state index < -0.39 is 0 Å². The van der Waals surface area contributed by atoms with Gasteiger partial charge in [-0.2, -0.15) is 0 Å². The second kappa shape index (κ2) is 6.90. The van der Waals surface area contributed by atoms with Crippen LogP contribution in [0, 0.1) is 5.92 Å². The second-order valence-electron chi connectivity index (χ2n) is 5.07. The molecule has 1 unspecified atom stereocenters. The highest BCUT2D eigenvalue weighted by molar-refractivity contribution is 9.10. The van der Waals surface area contributed by atoms with Gasteiger partial charge in [0.1, 0.15) is 0 Å². The fourth-order valence-electron chi connectivity index (χ4n) is 2.85. The molecule has 2 nitrogen and oxygen atoms in total. The topological polar surface area (TPSA) is 38.0 Å². The zero-order chi connectivity index (χ0) is 13.0. The molecule has 0 radical (unpaired) electrons. The normalized spacial score (nSPS) is 19.5. The largest absolute Gasteiger partial charge is 0.271 e. The summed E-state index contributed by atoms with van der Waals surface area (Å²) in [7, 11) is 0. The molecule has 0 heterocycles. The van der Waals surface area contributed by atoms with Crippen LogP contribution in [0.25, 0.3) is 0 Å². The van der Waals surface area contributed by atoms with Gasteiger partial charge in [0.15, 0.2) is 0 Å². The first kappa shape index (κ1) is 14.3. The number of hydrogen-bond donors (Lipinski definition) is 2. The van der Waals surface area contributed by atoms with Gasteiger partial charge < -0.3 is 0 Å². The molecule has 4 heteroatoms. The summed E-state index contributed by atoms with van der Waals surface area (Å²) in [5, 5.41) is 0.751. The summed E-state index contributed by atoms with van der Waals surface area (Å²) in [6, 6.07) is 6.33. The lowest BCUT2D eigenvalue weighted by atomic mass is 9.87. The molecule has 1 aliphatic carbocycles. The predicted molar refractivity (Wildman–Crippen MR) is 80.4 cm³/mol. The third kappa shape index (κ3) is 3.47. The summed E-state index contributed by atoms with van der Waals surface area (Å²) in [6.07, 6.45) is 7.84. The monoisotopic (exact) mass is 330 g/mol. The van der Waals surface area contributed by atoms with Gasteiger partial charge in [-0.3, -0.25) is 11.3 Å². The zero-order valence-electron chi connectivity index (χ0n) is 10.5. The highest BCUT2D eigenvalue weighted by Crippen LogP contribution is 2.35. The van der Waals surface area contributed by atoms with Crippen molar-refractivity contribution in [3.8, 4) is 0 Å². The maximum absolute atomic E-state index is 6.17. The van der Waals surface area contributed by atoms with Crippen molar-refractivity contribution in [3.63, 3.8) is 0 Å². The number of hydrazine groups is 1. The summed E-state index contributed by atoms with van der Waals surface area (Å²) in [5.41, 5.74) is 4.18. The molecule has 2 rings (SSSR count). The summed E-state index contributed by atoms with van der Waals surface area (Å²) < 4.78 is 0.935.